The summed E-state index contributed by atoms with van der Waals surface area (Å²) in [4.78, 5) is 0. The third kappa shape index (κ3) is 6.48. The fourth-order valence-corrected chi connectivity index (χ4v) is 7.42. The quantitative estimate of drug-likeness (QED) is 0.266. The fourth-order valence-electron chi connectivity index (χ4n) is 7.42. The van der Waals surface area contributed by atoms with E-state index in [1.807, 2.05) is 0 Å². The van der Waals surface area contributed by atoms with Crippen molar-refractivity contribution >= 4 is 0 Å². The molecule has 3 aliphatic rings. The molecule has 0 spiro atoms. The second-order valence-corrected chi connectivity index (χ2v) is 11.4. The van der Waals surface area contributed by atoms with E-state index in [1.54, 1.807) is 5.56 Å². The molecular weight excluding hydrogens is 391 g/mol. The minimum Gasteiger partial charge on any atom is -0.251 e. The van der Waals surface area contributed by atoms with E-state index in [1.165, 1.54) is 82.6 Å². The maximum atomic E-state index is 12.2. The van der Waals surface area contributed by atoms with Crippen molar-refractivity contribution in [3.63, 3.8) is 0 Å². The molecule has 3 saturated carbocycles. The summed E-state index contributed by atoms with van der Waals surface area (Å²) >= 11 is 0. The van der Waals surface area contributed by atoms with Crippen LogP contribution in [0.2, 0.25) is 0 Å². The first kappa shape index (κ1) is 24.0. The maximum Gasteiger partial charge on any atom is 0.0894 e. The van der Waals surface area contributed by atoms with E-state index in [0.717, 1.165) is 61.2 Å². The number of halogens is 1. The molecule has 0 nitrogen and oxygen atoms in total. The summed E-state index contributed by atoms with van der Waals surface area (Å²) in [6.45, 7) is 3.85. The molecule has 0 N–H and O–H groups in total. The second kappa shape index (κ2) is 12.4. The Kier molecular flexibility index (Phi) is 9.30. The van der Waals surface area contributed by atoms with Gasteiger partial charge in [-0.2, -0.15) is 0 Å². The predicted octanol–water partition coefficient (Wildman–Crippen LogP) is 9.44. The fraction of sp³-hybridized carbons (Fsp3) is 0.742. The van der Waals surface area contributed by atoms with Gasteiger partial charge in [0.25, 0.3) is 0 Å². The lowest BCUT2D eigenvalue weighted by Gasteiger charge is -2.41. The van der Waals surface area contributed by atoms with Gasteiger partial charge in [0, 0.05) is 0 Å². The largest absolute Gasteiger partial charge is 0.251 e. The minimum atomic E-state index is -0.167. The van der Waals surface area contributed by atoms with E-state index in [4.69, 9.17) is 0 Å². The van der Waals surface area contributed by atoms with Gasteiger partial charge in [-0.25, -0.2) is 0 Å². The molecule has 0 unspecified atom stereocenters. The number of hydrogen-bond donors (Lipinski definition) is 0. The van der Waals surface area contributed by atoms with Crippen molar-refractivity contribution in [2.24, 2.45) is 29.6 Å². The lowest BCUT2D eigenvalue weighted by atomic mass is 9.64. The summed E-state index contributed by atoms with van der Waals surface area (Å²) in [5, 5.41) is 0. The first-order valence-electron chi connectivity index (χ1n) is 14.0. The molecule has 1 aromatic rings. The van der Waals surface area contributed by atoms with Crippen LogP contribution in [0.15, 0.2) is 36.9 Å². The highest BCUT2D eigenvalue weighted by molar-refractivity contribution is 5.26. The Morgan fingerprint density at radius 3 is 1.66 bits per heavy atom. The van der Waals surface area contributed by atoms with Crippen LogP contribution in [0.4, 0.5) is 4.39 Å². The van der Waals surface area contributed by atoms with Gasteiger partial charge in [0.15, 0.2) is 0 Å². The summed E-state index contributed by atoms with van der Waals surface area (Å²) in [6, 6.07) is 9.45. The number of aryl methyl sites for hydroxylation is 1. The van der Waals surface area contributed by atoms with Crippen LogP contribution in [-0.4, -0.2) is 6.67 Å². The number of unbranched alkanes of at least 4 members (excludes halogenated alkanes) is 2. The first-order valence-corrected chi connectivity index (χ1v) is 14.0. The van der Waals surface area contributed by atoms with Crippen LogP contribution < -0.4 is 0 Å². The highest BCUT2D eigenvalue weighted by Gasteiger charge is 2.34. The van der Waals surface area contributed by atoms with Crippen LogP contribution in [0.1, 0.15) is 113 Å². The maximum absolute atomic E-state index is 12.2. The van der Waals surface area contributed by atoms with Crippen molar-refractivity contribution in [1.82, 2.24) is 0 Å². The topological polar surface area (TPSA) is 0 Å². The Morgan fingerprint density at radius 1 is 0.656 bits per heavy atom. The van der Waals surface area contributed by atoms with Crippen LogP contribution in [0.25, 0.3) is 0 Å². The van der Waals surface area contributed by atoms with E-state index in [9.17, 15) is 4.39 Å². The standard InChI is InChI=1S/C31H47F/c1-2-24-7-11-26(12-8-24)28-15-19-30(20-16-28)31-21-17-29(18-22-31)27-13-9-25(10-14-27)6-4-3-5-23-32/h2,9-10,13-14,24,26,28-31H,1,3-8,11-12,15-23H2/t24-,26-,28-,29-,30-,31-. The normalized spacial score (nSPS) is 33.7. The van der Waals surface area contributed by atoms with Crippen molar-refractivity contribution in [3.8, 4) is 0 Å². The molecular formula is C31H47F. The van der Waals surface area contributed by atoms with Crippen LogP contribution in [0.3, 0.4) is 0 Å². The van der Waals surface area contributed by atoms with Crippen molar-refractivity contribution in [2.75, 3.05) is 6.67 Å². The van der Waals surface area contributed by atoms with Gasteiger partial charge in [0.05, 0.1) is 6.67 Å². The average Bonchev–Trinajstić information content (AvgIpc) is 2.87. The molecule has 1 aromatic carbocycles. The summed E-state index contributed by atoms with van der Waals surface area (Å²) in [6.07, 6.45) is 23.6. The number of benzene rings is 1. The second-order valence-electron chi connectivity index (χ2n) is 11.4. The molecule has 0 aromatic heterocycles. The third-order valence-electron chi connectivity index (χ3n) is 9.62. The number of rotatable bonds is 9. The number of allylic oxidation sites excluding steroid dienone is 1. The summed E-state index contributed by atoms with van der Waals surface area (Å²) in [5.41, 5.74) is 2.99. The van der Waals surface area contributed by atoms with Gasteiger partial charge in [0.2, 0.25) is 0 Å². The van der Waals surface area contributed by atoms with Crippen LogP contribution >= 0.6 is 0 Å². The minimum absolute atomic E-state index is 0.167. The van der Waals surface area contributed by atoms with Gasteiger partial charge in [-0.3, -0.25) is 4.39 Å². The molecule has 4 rings (SSSR count). The van der Waals surface area contributed by atoms with E-state index < -0.39 is 0 Å². The molecule has 178 valence electrons. The zero-order valence-corrected chi connectivity index (χ0v) is 20.5. The van der Waals surface area contributed by atoms with Crippen LogP contribution in [0, 0.1) is 29.6 Å². The van der Waals surface area contributed by atoms with Gasteiger partial charge < -0.3 is 0 Å². The van der Waals surface area contributed by atoms with Crippen molar-refractivity contribution < 1.29 is 4.39 Å². The van der Waals surface area contributed by atoms with E-state index >= 15 is 0 Å². The van der Waals surface area contributed by atoms with Crippen LogP contribution in [-0.2, 0) is 6.42 Å². The van der Waals surface area contributed by atoms with Crippen molar-refractivity contribution in [1.29, 1.82) is 0 Å². The lowest BCUT2D eigenvalue weighted by Crippen LogP contribution is -2.29. The van der Waals surface area contributed by atoms with Gasteiger partial charge in [-0.1, -0.05) is 36.8 Å². The molecule has 0 bridgehead atoms. The molecule has 0 radical (unpaired) electrons. The Morgan fingerprint density at radius 2 is 1.16 bits per heavy atom. The van der Waals surface area contributed by atoms with E-state index in [2.05, 4.69) is 36.9 Å². The highest BCUT2D eigenvalue weighted by Crippen LogP contribution is 2.47. The molecule has 0 heterocycles. The Balaban J connectivity index is 1.16. The zero-order valence-electron chi connectivity index (χ0n) is 20.5. The molecule has 1 heteroatoms. The van der Waals surface area contributed by atoms with Gasteiger partial charge >= 0.3 is 0 Å². The summed E-state index contributed by atoms with van der Waals surface area (Å²) in [5.74, 6) is 5.66. The molecule has 0 aliphatic heterocycles. The lowest BCUT2D eigenvalue weighted by molar-refractivity contribution is 0.114. The third-order valence-corrected chi connectivity index (χ3v) is 9.62. The van der Waals surface area contributed by atoms with Gasteiger partial charge in [0.1, 0.15) is 0 Å². The number of hydrogen-bond acceptors (Lipinski definition) is 0. The zero-order chi connectivity index (χ0) is 22.2. The molecule has 3 fully saturated rings. The molecule has 32 heavy (non-hydrogen) atoms. The van der Waals surface area contributed by atoms with E-state index in [0.29, 0.717) is 0 Å². The molecule has 0 amide bonds. The summed E-state index contributed by atoms with van der Waals surface area (Å²) < 4.78 is 12.2. The van der Waals surface area contributed by atoms with Gasteiger partial charge in [-0.05, 0) is 143 Å². The predicted molar refractivity (Wildman–Crippen MR) is 136 cm³/mol. The average molecular weight is 439 g/mol. The Hall–Kier alpha value is -1.11. The Labute approximate surface area is 197 Å². The van der Waals surface area contributed by atoms with Crippen LogP contribution in [0.5, 0.6) is 0 Å². The smallest absolute Gasteiger partial charge is 0.0894 e. The highest BCUT2D eigenvalue weighted by atomic mass is 19.1. The molecule has 3 aliphatic carbocycles. The Bertz CT molecular complexity index is 652. The van der Waals surface area contributed by atoms with Gasteiger partial charge in [-0.15, -0.1) is 6.58 Å². The first-order chi connectivity index (χ1) is 15.8. The molecule has 0 atom stereocenters. The monoisotopic (exact) mass is 438 g/mol. The van der Waals surface area contributed by atoms with Crippen molar-refractivity contribution in [2.45, 2.75) is 109 Å². The van der Waals surface area contributed by atoms with E-state index in [-0.39, 0.29) is 6.67 Å². The summed E-state index contributed by atoms with van der Waals surface area (Å²) in [7, 11) is 0. The van der Waals surface area contributed by atoms with Crippen molar-refractivity contribution in [3.05, 3.63) is 48.0 Å². The number of alkyl halides is 1. The SMILES string of the molecule is C=C[C@H]1CC[C@H]([C@H]2CC[C@H]([C@H]3CC[C@H](c4ccc(CCCCCF)cc4)CC3)CC2)CC1. The molecule has 0 saturated heterocycles.